The monoisotopic (exact) mass is 214 g/mol. The molecule has 3 N–H and O–H groups in total. The highest BCUT2D eigenvalue weighted by Crippen LogP contribution is 2.19. The molecule has 1 unspecified atom stereocenters. The highest BCUT2D eigenvalue weighted by Gasteiger charge is 2.23. The van der Waals surface area contributed by atoms with Gasteiger partial charge in [-0.05, 0) is 51.1 Å². The Bertz CT molecular complexity index is 133. The summed E-state index contributed by atoms with van der Waals surface area (Å²) < 4.78 is 0. The fourth-order valence-corrected chi connectivity index (χ4v) is 2.08. The first kappa shape index (κ1) is 14.9. The first-order valence-corrected chi connectivity index (χ1v) is 6.59. The summed E-state index contributed by atoms with van der Waals surface area (Å²) in [4.78, 5) is 0. The second-order valence-electron chi connectivity index (χ2n) is 4.76. The SMILES string of the molecule is CCC(CC)(CC)NCC(C)CCCN. The van der Waals surface area contributed by atoms with Crippen LogP contribution in [0.3, 0.4) is 0 Å². The standard InChI is InChI=1S/C13H30N2/c1-5-13(6-2,7-3)15-11-12(4)9-8-10-14/h12,15H,5-11,14H2,1-4H3. The topological polar surface area (TPSA) is 38.0 Å². The van der Waals surface area contributed by atoms with E-state index in [1.54, 1.807) is 0 Å². The summed E-state index contributed by atoms with van der Waals surface area (Å²) in [5, 5.41) is 3.75. The fraction of sp³-hybridized carbons (Fsp3) is 1.00. The Labute approximate surface area is 96.0 Å². The van der Waals surface area contributed by atoms with Gasteiger partial charge in [0.25, 0.3) is 0 Å². The van der Waals surface area contributed by atoms with Crippen LogP contribution >= 0.6 is 0 Å². The Morgan fingerprint density at radius 3 is 2.07 bits per heavy atom. The molecule has 0 aromatic rings. The highest BCUT2D eigenvalue weighted by atomic mass is 15.0. The number of hydrogen-bond acceptors (Lipinski definition) is 2. The quantitative estimate of drug-likeness (QED) is 0.619. The maximum Gasteiger partial charge on any atom is 0.0173 e. The van der Waals surface area contributed by atoms with Gasteiger partial charge >= 0.3 is 0 Å². The van der Waals surface area contributed by atoms with Crippen LogP contribution in [0, 0.1) is 5.92 Å². The van der Waals surface area contributed by atoms with Gasteiger partial charge in [0, 0.05) is 5.54 Å². The van der Waals surface area contributed by atoms with Crippen molar-refractivity contribution in [2.75, 3.05) is 13.1 Å². The Morgan fingerprint density at radius 1 is 1.13 bits per heavy atom. The second-order valence-corrected chi connectivity index (χ2v) is 4.76. The molecular weight excluding hydrogens is 184 g/mol. The minimum atomic E-state index is 0.372. The summed E-state index contributed by atoms with van der Waals surface area (Å²) in [5.74, 6) is 0.748. The van der Waals surface area contributed by atoms with E-state index in [0.29, 0.717) is 5.54 Å². The molecule has 1 atom stereocenters. The van der Waals surface area contributed by atoms with Crippen LogP contribution in [-0.4, -0.2) is 18.6 Å². The van der Waals surface area contributed by atoms with Gasteiger partial charge in [0.1, 0.15) is 0 Å². The van der Waals surface area contributed by atoms with Crippen LogP contribution in [0.15, 0.2) is 0 Å². The molecule has 0 aliphatic heterocycles. The molecule has 0 fully saturated rings. The fourth-order valence-electron chi connectivity index (χ4n) is 2.08. The summed E-state index contributed by atoms with van der Waals surface area (Å²) in [6.07, 6.45) is 6.08. The van der Waals surface area contributed by atoms with Gasteiger partial charge in [-0.25, -0.2) is 0 Å². The predicted molar refractivity (Wildman–Crippen MR) is 69.1 cm³/mol. The van der Waals surface area contributed by atoms with Gasteiger partial charge in [-0.1, -0.05) is 27.7 Å². The van der Waals surface area contributed by atoms with E-state index in [4.69, 9.17) is 5.73 Å². The third kappa shape index (κ3) is 5.53. The molecule has 0 rings (SSSR count). The third-order valence-corrected chi connectivity index (χ3v) is 3.76. The van der Waals surface area contributed by atoms with Crippen LogP contribution in [-0.2, 0) is 0 Å². The Hall–Kier alpha value is -0.0800. The van der Waals surface area contributed by atoms with Gasteiger partial charge in [0.05, 0.1) is 0 Å². The molecule has 0 saturated heterocycles. The van der Waals surface area contributed by atoms with Crippen molar-refractivity contribution in [3.8, 4) is 0 Å². The van der Waals surface area contributed by atoms with E-state index in [0.717, 1.165) is 25.4 Å². The molecule has 0 aromatic carbocycles. The van der Waals surface area contributed by atoms with E-state index in [1.807, 2.05) is 0 Å². The molecule has 0 amide bonds. The lowest BCUT2D eigenvalue weighted by atomic mass is 9.89. The van der Waals surface area contributed by atoms with E-state index in [9.17, 15) is 0 Å². The average molecular weight is 214 g/mol. The largest absolute Gasteiger partial charge is 0.330 e. The molecule has 0 heterocycles. The van der Waals surface area contributed by atoms with Gasteiger partial charge in [0.2, 0.25) is 0 Å². The molecular formula is C13H30N2. The smallest absolute Gasteiger partial charge is 0.0173 e. The van der Waals surface area contributed by atoms with Gasteiger partial charge in [0.15, 0.2) is 0 Å². The lowest BCUT2D eigenvalue weighted by Gasteiger charge is -2.33. The van der Waals surface area contributed by atoms with Gasteiger partial charge < -0.3 is 11.1 Å². The Morgan fingerprint density at radius 2 is 1.67 bits per heavy atom. The molecule has 2 heteroatoms. The molecule has 0 aliphatic rings. The van der Waals surface area contributed by atoms with Crippen LogP contribution in [0.5, 0.6) is 0 Å². The van der Waals surface area contributed by atoms with Crippen LogP contribution in [0.4, 0.5) is 0 Å². The molecule has 0 aliphatic carbocycles. The average Bonchev–Trinajstić information content (AvgIpc) is 2.29. The van der Waals surface area contributed by atoms with E-state index in [2.05, 4.69) is 33.0 Å². The molecule has 92 valence electrons. The normalized spacial score (nSPS) is 14.2. The summed E-state index contributed by atoms with van der Waals surface area (Å²) in [5.41, 5.74) is 5.89. The van der Waals surface area contributed by atoms with Crippen LogP contribution in [0.2, 0.25) is 0 Å². The highest BCUT2D eigenvalue weighted by molar-refractivity contribution is 4.84. The van der Waals surface area contributed by atoms with Crippen molar-refractivity contribution in [2.45, 2.75) is 65.3 Å². The minimum absolute atomic E-state index is 0.372. The van der Waals surface area contributed by atoms with E-state index < -0.39 is 0 Å². The van der Waals surface area contributed by atoms with Crippen LogP contribution < -0.4 is 11.1 Å². The molecule has 0 bridgehead atoms. The maximum absolute atomic E-state index is 5.52. The van der Waals surface area contributed by atoms with Gasteiger partial charge in [-0.15, -0.1) is 0 Å². The lowest BCUT2D eigenvalue weighted by molar-refractivity contribution is 0.269. The number of nitrogens with one attached hydrogen (secondary N) is 1. The summed E-state index contributed by atoms with van der Waals surface area (Å²) in [6.45, 7) is 11.1. The van der Waals surface area contributed by atoms with Crippen LogP contribution in [0.25, 0.3) is 0 Å². The lowest BCUT2D eigenvalue weighted by Crippen LogP contribution is -2.45. The minimum Gasteiger partial charge on any atom is -0.330 e. The zero-order chi connectivity index (χ0) is 11.7. The van der Waals surface area contributed by atoms with Gasteiger partial charge in [-0.3, -0.25) is 0 Å². The zero-order valence-corrected chi connectivity index (χ0v) is 11.1. The Kier molecular flexibility index (Phi) is 8.07. The first-order valence-electron chi connectivity index (χ1n) is 6.59. The van der Waals surface area contributed by atoms with E-state index in [1.165, 1.54) is 25.7 Å². The summed E-state index contributed by atoms with van der Waals surface area (Å²) >= 11 is 0. The summed E-state index contributed by atoms with van der Waals surface area (Å²) in [6, 6.07) is 0. The predicted octanol–water partition coefficient (Wildman–Crippen LogP) is 2.92. The maximum atomic E-state index is 5.52. The number of rotatable bonds is 9. The van der Waals surface area contributed by atoms with E-state index >= 15 is 0 Å². The van der Waals surface area contributed by atoms with Crippen LogP contribution in [0.1, 0.15) is 59.8 Å². The summed E-state index contributed by atoms with van der Waals surface area (Å²) in [7, 11) is 0. The number of hydrogen-bond donors (Lipinski definition) is 2. The van der Waals surface area contributed by atoms with Crippen molar-refractivity contribution in [2.24, 2.45) is 11.7 Å². The van der Waals surface area contributed by atoms with Crippen molar-refractivity contribution >= 4 is 0 Å². The first-order chi connectivity index (χ1) is 7.14. The molecule has 2 nitrogen and oxygen atoms in total. The van der Waals surface area contributed by atoms with Crippen molar-refractivity contribution in [1.29, 1.82) is 0 Å². The van der Waals surface area contributed by atoms with Crippen molar-refractivity contribution in [1.82, 2.24) is 5.32 Å². The molecule has 0 radical (unpaired) electrons. The third-order valence-electron chi connectivity index (χ3n) is 3.76. The van der Waals surface area contributed by atoms with Crippen molar-refractivity contribution in [3.05, 3.63) is 0 Å². The van der Waals surface area contributed by atoms with Gasteiger partial charge in [-0.2, -0.15) is 0 Å². The second kappa shape index (κ2) is 8.12. The molecule has 0 saturated carbocycles. The molecule has 15 heavy (non-hydrogen) atoms. The van der Waals surface area contributed by atoms with E-state index in [-0.39, 0.29) is 0 Å². The molecule has 0 spiro atoms. The zero-order valence-electron chi connectivity index (χ0n) is 11.1. The number of nitrogens with two attached hydrogens (primary N) is 1. The van der Waals surface area contributed by atoms with Crippen molar-refractivity contribution < 1.29 is 0 Å². The Balaban J connectivity index is 3.88. The molecule has 0 aromatic heterocycles. The van der Waals surface area contributed by atoms with Crippen molar-refractivity contribution in [3.63, 3.8) is 0 Å².